The van der Waals surface area contributed by atoms with E-state index in [9.17, 15) is 4.79 Å². The standard InChI is InChI=1S/C26H36N4O/c1-20-10-12-23(13-11-20)26(2,3)19-29-25(27-4)28-17-22-16-24(31)30(18-22)15-14-21-8-6-5-7-9-21/h5-13,22H,14-19H2,1-4H3,(H2,27,28,29). The predicted octanol–water partition coefficient (Wildman–Crippen LogP) is 3.53. The third kappa shape index (κ3) is 6.58. The van der Waals surface area contributed by atoms with Gasteiger partial charge in [0.05, 0.1) is 0 Å². The normalized spacial score (nSPS) is 17.2. The van der Waals surface area contributed by atoms with Crippen LogP contribution in [-0.4, -0.2) is 50.0 Å². The number of guanidine groups is 1. The Morgan fingerprint density at radius 2 is 1.81 bits per heavy atom. The van der Waals surface area contributed by atoms with Crippen molar-refractivity contribution in [2.75, 3.05) is 33.2 Å². The fourth-order valence-electron chi connectivity index (χ4n) is 3.99. The van der Waals surface area contributed by atoms with Crippen molar-refractivity contribution in [1.82, 2.24) is 15.5 Å². The summed E-state index contributed by atoms with van der Waals surface area (Å²) in [4.78, 5) is 18.8. The first kappa shape index (κ1) is 22.9. The second kappa shape index (κ2) is 10.5. The highest BCUT2D eigenvalue weighted by atomic mass is 16.2. The topological polar surface area (TPSA) is 56.7 Å². The van der Waals surface area contributed by atoms with Gasteiger partial charge in [0.15, 0.2) is 5.96 Å². The summed E-state index contributed by atoms with van der Waals surface area (Å²) >= 11 is 0. The maximum absolute atomic E-state index is 12.4. The lowest BCUT2D eigenvalue weighted by Gasteiger charge is -2.27. The van der Waals surface area contributed by atoms with Crippen LogP contribution in [-0.2, 0) is 16.6 Å². The molecule has 0 spiro atoms. The number of hydrogen-bond acceptors (Lipinski definition) is 2. The number of likely N-dealkylation sites (tertiary alicyclic amines) is 1. The lowest BCUT2D eigenvalue weighted by molar-refractivity contribution is -0.127. The lowest BCUT2D eigenvalue weighted by Crippen LogP contribution is -2.45. The zero-order chi connectivity index (χ0) is 22.3. The highest BCUT2D eigenvalue weighted by molar-refractivity contribution is 5.81. The zero-order valence-corrected chi connectivity index (χ0v) is 19.3. The molecule has 1 unspecified atom stereocenters. The molecule has 5 nitrogen and oxygen atoms in total. The van der Waals surface area contributed by atoms with E-state index in [0.29, 0.717) is 12.3 Å². The van der Waals surface area contributed by atoms with E-state index in [1.165, 1.54) is 16.7 Å². The molecule has 3 rings (SSSR count). The number of benzene rings is 2. The number of aryl methyl sites for hydroxylation is 1. The molecule has 0 radical (unpaired) electrons. The highest BCUT2D eigenvalue weighted by Gasteiger charge is 2.29. The van der Waals surface area contributed by atoms with Gasteiger partial charge in [-0.2, -0.15) is 0 Å². The summed E-state index contributed by atoms with van der Waals surface area (Å²) in [6, 6.07) is 19.1. The van der Waals surface area contributed by atoms with Crippen LogP contribution in [0.1, 0.15) is 37.0 Å². The Balaban J connectivity index is 1.44. The summed E-state index contributed by atoms with van der Waals surface area (Å²) in [5, 5.41) is 6.88. The molecule has 1 heterocycles. The molecule has 0 aromatic heterocycles. The molecule has 1 aliphatic heterocycles. The minimum Gasteiger partial charge on any atom is -0.356 e. The summed E-state index contributed by atoms with van der Waals surface area (Å²) in [5.74, 6) is 1.36. The molecule has 0 bridgehead atoms. The van der Waals surface area contributed by atoms with Crippen molar-refractivity contribution in [1.29, 1.82) is 0 Å². The molecule has 166 valence electrons. The number of carbonyl (C=O) groups is 1. The Bertz CT molecular complexity index is 874. The van der Waals surface area contributed by atoms with Gasteiger partial charge in [0, 0.05) is 51.0 Å². The molecule has 0 saturated carbocycles. The molecule has 2 aromatic carbocycles. The molecule has 1 atom stereocenters. The van der Waals surface area contributed by atoms with E-state index in [0.717, 1.165) is 38.6 Å². The van der Waals surface area contributed by atoms with Gasteiger partial charge in [0.2, 0.25) is 5.91 Å². The van der Waals surface area contributed by atoms with Crippen molar-refractivity contribution in [2.45, 2.75) is 39.0 Å². The summed E-state index contributed by atoms with van der Waals surface area (Å²) < 4.78 is 0. The van der Waals surface area contributed by atoms with E-state index in [-0.39, 0.29) is 11.3 Å². The summed E-state index contributed by atoms with van der Waals surface area (Å²) in [6.45, 7) is 9.70. The van der Waals surface area contributed by atoms with Crippen molar-refractivity contribution in [3.05, 3.63) is 71.3 Å². The van der Waals surface area contributed by atoms with Crippen molar-refractivity contribution >= 4 is 11.9 Å². The Morgan fingerprint density at radius 3 is 2.48 bits per heavy atom. The number of amides is 1. The van der Waals surface area contributed by atoms with Gasteiger partial charge in [-0.25, -0.2) is 0 Å². The molecule has 0 aliphatic carbocycles. The summed E-state index contributed by atoms with van der Waals surface area (Å²) in [5.41, 5.74) is 3.84. The van der Waals surface area contributed by atoms with Crippen molar-refractivity contribution in [3.63, 3.8) is 0 Å². The molecule has 1 saturated heterocycles. The van der Waals surface area contributed by atoms with Crippen molar-refractivity contribution < 1.29 is 4.79 Å². The quantitative estimate of drug-likeness (QED) is 0.507. The van der Waals surface area contributed by atoms with Crippen LogP contribution in [0.15, 0.2) is 59.6 Å². The van der Waals surface area contributed by atoms with E-state index >= 15 is 0 Å². The van der Waals surface area contributed by atoms with Crippen molar-refractivity contribution in [2.24, 2.45) is 10.9 Å². The Labute approximate surface area is 187 Å². The van der Waals surface area contributed by atoms with E-state index in [2.05, 4.69) is 72.8 Å². The summed E-state index contributed by atoms with van der Waals surface area (Å²) in [7, 11) is 1.79. The number of hydrogen-bond donors (Lipinski definition) is 2. The second-order valence-corrected chi connectivity index (χ2v) is 9.20. The number of aliphatic imine (C=N–C) groups is 1. The Kier molecular flexibility index (Phi) is 7.72. The highest BCUT2D eigenvalue weighted by Crippen LogP contribution is 2.22. The maximum Gasteiger partial charge on any atom is 0.223 e. The van der Waals surface area contributed by atoms with Gasteiger partial charge in [-0.1, -0.05) is 74.0 Å². The first-order chi connectivity index (χ1) is 14.9. The van der Waals surface area contributed by atoms with Gasteiger partial charge in [0.25, 0.3) is 0 Å². The first-order valence-corrected chi connectivity index (χ1v) is 11.2. The predicted molar refractivity (Wildman–Crippen MR) is 128 cm³/mol. The fourth-order valence-corrected chi connectivity index (χ4v) is 3.99. The number of nitrogens with zero attached hydrogens (tertiary/aromatic N) is 2. The fraction of sp³-hybridized carbons (Fsp3) is 0.462. The average Bonchev–Trinajstić information content (AvgIpc) is 3.13. The number of carbonyl (C=O) groups excluding carboxylic acids is 1. The lowest BCUT2D eigenvalue weighted by atomic mass is 9.84. The minimum absolute atomic E-state index is 0.0110. The van der Waals surface area contributed by atoms with Crippen LogP contribution in [0.3, 0.4) is 0 Å². The van der Waals surface area contributed by atoms with Crippen LogP contribution < -0.4 is 10.6 Å². The van der Waals surface area contributed by atoms with Gasteiger partial charge in [0.1, 0.15) is 0 Å². The van der Waals surface area contributed by atoms with Gasteiger partial charge in [-0.3, -0.25) is 9.79 Å². The van der Waals surface area contributed by atoms with Crippen LogP contribution in [0.2, 0.25) is 0 Å². The monoisotopic (exact) mass is 420 g/mol. The summed E-state index contributed by atoms with van der Waals surface area (Å²) in [6.07, 6.45) is 1.51. The molecule has 2 aromatic rings. The van der Waals surface area contributed by atoms with E-state index in [4.69, 9.17) is 0 Å². The number of nitrogens with one attached hydrogen (secondary N) is 2. The van der Waals surface area contributed by atoms with E-state index in [1.807, 2.05) is 23.1 Å². The largest absolute Gasteiger partial charge is 0.356 e. The van der Waals surface area contributed by atoms with Gasteiger partial charge >= 0.3 is 0 Å². The van der Waals surface area contributed by atoms with Gasteiger partial charge < -0.3 is 15.5 Å². The molecule has 5 heteroatoms. The molecular formula is C26H36N4O. The van der Waals surface area contributed by atoms with Crippen LogP contribution in [0.25, 0.3) is 0 Å². The molecule has 1 fully saturated rings. The first-order valence-electron chi connectivity index (χ1n) is 11.2. The number of rotatable bonds is 8. The minimum atomic E-state index is -0.0110. The molecule has 1 amide bonds. The van der Waals surface area contributed by atoms with Crippen LogP contribution in [0.5, 0.6) is 0 Å². The average molecular weight is 421 g/mol. The second-order valence-electron chi connectivity index (χ2n) is 9.20. The van der Waals surface area contributed by atoms with Gasteiger partial charge in [-0.05, 0) is 24.5 Å². The molecular weight excluding hydrogens is 384 g/mol. The maximum atomic E-state index is 12.4. The van der Waals surface area contributed by atoms with Crippen LogP contribution >= 0.6 is 0 Å². The zero-order valence-electron chi connectivity index (χ0n) is 19.3. The third-order valence-electron chi connectivity index (χ3n) is 6.12. The van der Waals surface area contributed by atoms with E-state index in [1.54, 1.807) is 7.05 Å². The Hall–Kier alpha value is -2.82. The molecule has 2 N–H and O–H groups in total. The third-order valence-corrected chi connectivity index (χ3v) is 6.12. The van der Waals surface area contributed by atoms with E-state index < -0.39 is 0 Å². The SMILES string of the molecule is CN=C(NCC1CC(=O)N(CCc2ccccc2)C1)NCC(C)(C)c1ccc(C)cc1. The molecule has 1 aliphatic rings. The smallest absolute Gasteiger partial charge is 0.223 e. The van der Waals surface area contributed by atoms with Crippen LogP contribution in [0, 0.1) is 12.8 Å². The van der Waals surface area contributed by atoms with Crippen molar-refractivity contribution in [3.8, 4) is 0 Å². The molecule has 31 heavy (non-hydrogen) atoms. The van der Waals surface area contributed by atoms with Gasteiger partial charge in [-0.15, -0.1) is 0 Å². The van der Waals surface area contributed by atoms with Crippen LogP contribution in [0.4, 0.5) is 0 Å². The Morgan fingerprint density at radius 1 is 1.10 bits per heavy atom.